The van der Waals surface area contributed by atoms with E-state index in [0.717, 1.165) is 22.8 Å². The van der Waals surface area contributed by atoms with E-state index >= 15 is 0 Å². The van der Waals surface area contributed by atoms with E-state index in [2.05, 4.69) is 32.5 Å². The highest BCUT2D eigenvalue weighted by molar-refractivity contribution is 6.22. The van der Waals surface area contributed by atoms with Crippen molar-refractivity contribution in [1.29, 1.82) is 0 Å². The number of amides is 7. The summed E-state index contributed by atoms with van der Waals surface area (Å²) < 4.78 is 22.4. The molecule has 444 valence electrons. The van der Waals surface area contributed by atoms with Gasteiger partial charge in [0.25, 0.3) is 11.8 Å². The van der Waals surface area contributed by atoms with Crippen LogP contribution in [0.2, 0.25) is 0 Å². The van der Waals surface area contributed by atoms with Crippen LogP contribution in [0.15, 0.2) is 72.5 Å². The minimum Gasteiger partial charge on any atom is -0.479 e. The van der Waals surface area contributed by atoms with E-state index in [9.17, 15) is 69.3 Å². The number of imide groups is 1. The molecule has 2 aromatic rings. The number of carbonyl (C=O) groups is 7. The summed E-state index contributed by atoms with van der Waals surface area (Å²) in [5.74, 6) is -2.46. The third-order valence-corrected chi connectivity index (χ3v) is 14.5. The Balaban J connectivity index is 0.942. The number of carboxylic acid groups (broad SMARTS) is 1. The van der Waals surface area contributed by atoms with E-state index in [0.29, 0.717) is 35.6 Å². The molecule has 0 aromatic heterocycles. The summed E-state index contributed by atoms with van der Waals surface area (Å²) in [5.41, 5.74) is 2.28. The Bertz CT molecular complexity index is 2790. The summed E-state index contributed by atoms with van der Waals surface area (Å²) in [6.45, 7) is 0.536. The number of likely N-dealkylation sites (N-methyl/N-ethyl adjacent to an activating group) is 1. The number of benzene rings is 2. The van der Waals surface area contributed by atoms with Gasteiger partial charge in [-0.25, -0.2) is 19.4 Å². The number of allylic oxidation sites excluding steroid dienone is 3. The number of anilines is 1. The summed E-state index contributed by atoms with van der Waals surface area (Å²) >= 11 is 6.58. The molecule has 0 radical (unpaired) electrons. The molecule has 7 rings (SSSR count). The van der Waals surface area contributed by atoms with Crippen molar-refractivity contribution in [3.05, 3.63) is 94.7 Å². The van der Waals surface area contributed by atoms with Crippen molar-refractivity contribution in [1.82, 2.24) is 40.9 Å². The Labute approximate surface area is 476 Å². The highest BCUT2D eigenvalue weighted by Gasteiger charge is 2.49. The first-order valence-electron chi connectivity index (χ1n) is 26.4. The number of ether oxygens (including phenoxy) is 4. The van der Waals surface area contributed by atoms with E-state index < -0.39 is 110 Å². The van der Waals surface area contributed by atoms with E-state index in [1.165, 1.54) is 40.2 Å². The molecule has 28 heteroatoms. The Kier molecular flexibility index (Phi) is 22.5. The van der Waals surface area contributed by atoms with Gasteiger partial charge in [0.05, 0.1) is 37.5 Å². The van der Waals surface area contributed by atoms with Crippen LogP contribution >= 0.6 is 11.6 Å². The highest BCUT2D eigenvalue weighted by atomic mass is 35.5. The first-order valence-corrected chi connectivity index (χ1v) is 26.8. The van der Waals surface area contributed by atoms with Crippen LogP contribution in [0.25, 0.3) is 0 Å². The lowest BCUT2D eigenvalue weighted by Crippen LogP contribution is -2.61. The lowest BCUT2D eigenvalue weighted by molar-refractivity contribution is -0.271. The van der Waals surface area contributed by atoms with Crippen LogP contribution in [0.5, 0.6) is 5.75 Å². The third-order valence-electron chi connectivity index (χ3n) is 14.0. The normalized spacial score (nSPS) is 25.6. The van der Waals surface area contributed by atoms with Crippen molar-refractivity contribution < 1.29 is 88.3 Å². The molecule has 12 N–H and O–H groups in total. The number of fused-ring (bicyclic) bond motifs is 1. The van der Waals surface area contributed by atoms with Crippen molar-refractivity contribution in [2.75, 3.05) is 58.4 Å². The molecule has 0 spiro atoms. The van der Waals surface area contributed by atoms with Crippen LogP contribution in [0.1, 0.15) is 59.2 Å². The number of aliphatic hydroxyl groups excluding tert-OH is 6. The second-order valence-electron chi connectivity index (χ2n) is 19.8. The van der Waals surface area contributed by atoms with Gasteiger partial charge in [-0.15, -0.1) is 18.0 Å². The number of likely N-dealkylation sites (tertiary alicyclic amines) is 1. The molecule has 2 saturated heterocycles. The molecule has 7 amide bonds. The molecule has 2 aromatic carbocycles. The van der Waals surface area contributed by atoms with Gasteiger partial charge in [-0.1, -0.05) is 30.2 Å². The number of halogens is 1. The average molecular weight is 1170 g/mol. The zero-order valence-corrected chi connectivity index (χ0v) is 45.4. The SMILES string of the molecule is C#CCN(CN1C(=O)CCC(N2Cc3cc(CNC(=O)NC4=CC(Cl)C(CCOCCNC)C=C4)ccc3C2=O)C1=O)C(O)OCc1ccc(OC2OC(C(=O)O)[C@@H](O)C(O)[C@H]2O)c(NC(=O)CCNC(=O)CCN2C(O)C=CC2O)c1. The number of rotatable bonds is 27. The van der Waals surface area contributed by atoms with E-state index in [1.54, 1.807) is 30.4 Å². The fraction of sp³-hybridized carbons (Fsp3) is 0.500. The number of terminal acetylenes is 1. The smallest absolute Gasteiger partial charge is 0.335 e. The molecule has 4 heterocycles. The second-order valence-corrected chi connectivity index (χ2v) is 20.3. The molecule has 0 saturated carbocycles. The molecule has 27 nitrogen and oxygen atoms in total. The lowest BCUT2D eigenvalue weighted by atomic mass is 9.96. The van der Waals surface area contributed by atoms with Gasteiger partial charge in [0.15, 0.2) is 6.10 Å². The number of alkyl halides is 1. The van der Waals surface area contributed by atoms with Gasteiger partial charge in [0, 0.05) is 69.9 Å². The summed E-state index contributed by atoms with van der Waals surface area (Å²) in [6.07, 6.45) is 0.108. The number of nitrogens with one attached hydrogen (secondary N) is 5. The topological polar surface area (TPSA) is 371 Å². The number of carboxylic acids is 1. The largest absolute Gasteiger partial charge is 0.479 e. The summed E-state index contributed by atoms with van der Waals surface area (Å²) in [6, 6.07) is 7.47. The summed E-state index contributed by atoms with van der Waals surface area (Å²) in [4.78, 5) is 96.4. The van der Waals surface area contributed by atoms with Gasteiger partial charge < -0.3 is 86.2 Å². The number of nitrogens with zero attached hydrogens (tertiary/aromatic N) is 4. The first kappa shape index (κ1) is 62.7. The number of aliphatic carboxylic acids is 1. The summed E-state index contributed by atoms with van der Waals surface area (Å²) in [7, 11) is 1.85. The zero-order valence-electron chi connectivity index (χ0n) is 44.7. The molecule has 4 aliphatic heterocycles. The quantitative estimate of drug-likeness (QED) is 0.0118. The lowest BCUT2D eigenvalue weighted by Gasteiger charge is -2.38. The fourth-order valence-electron chi connectivity index (χ4n) is 9.50. The maximum Gasteiger partial charge on any atom is 0.335 e. The van der Waals surface area contributed by atoms with Gasteiger partial charge in [-0.05, 0) is 85.0 Å². The Morgan fingerprint density at radius 1 is 0.915 bits per heavy atom. The van der Waals surface area contributed by atoms with Gasteiger partial charge >= 0.3 is 12.0 Å². The molecular formula is C54H68ClN9O18. The first-order chi connectivity index (χ1) is 39.3. The number of urea groups is 1. The molecule has 2 fully saturated rings. The van der Waals surface area contributed by atoms with Crippen molar-refractivity contribution in [3.63, 3.8) is 0 Å². The predicted octanol–water partition coefficient (Wildman–Crippen LogP) is -1.74. The average Bonchev–Trinajstić information content (AvgIpc) is 4.04. The number of carbonyl (C=O) groups excluding carboxylic acids is 6. The van der Waals surface area contributed by atoms with Crippen molar-refractivity contribution in [2.24, 2.45) is 5.92 Å². The third kappa shape index (κ3) is 16.2. The number of piperidine rings is 1. The minimum absolute atomic E-state index is 0.00491. The number of hydrogen-bond donors (Lipinski definition) is 12. The molecular weight excluding hydrogens is 1100 g/mol. The zero-order chi connectivity index (χ0) is 59.2. The van der Waals surface area contributed by atoms with Gasteiger partial charge in [-0.2, -0.15) is 0 Å². The Morgan fingerprint density at radius 3 is 2.39 bits per heavy atom. The maximum atomic E-state index is 14.2. The van der Waals surface area contributed by atoms with Crippen molar-refractivity contribution >= 4 is 58.8 Å². The van der Waals surface area contributed by atoms with Crippen LogP contribution in [-0.4, -0.2) is 211 Å². The fourth-order valence-corrected chi connectivity index (χ4v) is 9.84. The van der Waals surface area contributed by atoms with Crippen LogP contribution in [-0.2, 0) is 57.9 Å². The van der Waals surface area contributed by atoms with Crippen LogP contribution < -0.4 is 31.3 Å². The minimum atomic E-state index is -2.03. The molecule has 82 heavy (non-hydrogen) atoms. The number of aliphatic hydroxyl groups is 6. The predicted molar refractivity (Wildman–Crippen MR) is 288 cm³/mol. The van der Waals surface area contributed by atoms with Gasteiger partial charge in [-0.3, -0.25) is 28.9 Å². The van der Waals surface area contributed by atoms with Crippen molar-refractivity contribution in [2.45, 2.75) is 113 Å². The van der Waals surface area contributed by atoms with E-state index in [1.807, 2.05) is 13.1 Å². The molecule has 1 aliphatic carbocycles. The van der Waals surface area contributed by atoms with Crippen molar-refractivity contribution in [3.8, 4) is 18.1 Å². The monoisotopic (exact) mass is 1170 g/mol. The highest BCUT2D eigenvalue weighted by Crippen LogP contribution is 2.33. The molecule has 11 atom stereocenters. The summed E-state index contributed by atoms with van der Waals surface area (Å²) in [5, 5.41) is 85.5. The van der Waals surface area contributed by atoms with E-state index in [4.69, 9.17) is 37.0 Å². The molecule has 9 unspecified atom stereocenters. The molecule has 0 bridgehead atoms. The van der Waals surface area contributed by atoms with Crippen LogP contribution in [0.4, 0.5) is 10.5 Å². The second kappa shape index (κ2) is 29.4. The van der Waals surface area contributed by atoms with Gasteiger partial charge in [0.2, 0.25) is 30.4 Å². The standard InChI is InChI=1S/C54H68ClN9O18/c1-3-19-61(29-64-44(69)11-9-38(50(64)74)63-27-33-23-30(4-8-35(33)49(63)73)26-58-53(77)59-34-7-6-32(36(55)25-34)16-21-79-22-18-56-2)54(78)80-28-31-5-10-39(81-52-47(72)45(70)46(71)48(82-52)51(75)76)37(24-31)60-41(66)14-17-57-40(65)15-20-62-42(67)12-13-43(62)68/h1,4-8,10,12-13,23-25,32,36,38,42-43,45-48,52,54,56,67-68,70-72,78H,9,11,14-22,26-29H2,2H3,(H,57,65)(H,60,66)(H,75,76)(H2,58,59,77)/t32?,36?,38?,42?,43?,45?,46-,47+,48?,52?,54?/m0/s1. The van der Waals surface area contributed by atoms with Crippen LogP contribution in [0.3, 0.4) is 0 Å². The Morgan fingerprint density at radius 2 is 1.67 bits per heavy atom. The maximum absolute atomic E-state index is 14.2. The van der Waals surface area contributed by atoms with Crippen LogP contribution in [0, 0.1) is 18.3 Å². The number of hydrogen-bond acceptors (Lipinski definition) is 20. The van der Waals surface area contributed by atoms with Gasteiger partial charge in [0.1, 0.15) is 42.6 Å². The van der Waals surface area contributed by atoms with E-state index in [-0.39, 0.29) is 86.7 Å². The molecule has 5 aliphatic rings. The Hall–Kier alpha value is -6.88.